The zero-order valence-electron chi connectivity index (χ0n) is 10.1. The van der Waals surface area contributed by atoms with Gasteiger partial charge < -0.3 is 10.0 Å². The first-order valence-corrected chi connectivity index (χ1v) is 5.93. The van der Waals surface area contributed by atoms with Gasteiger partial charge in [0, 0.05) is 25.6 Å². The van der Waals surface area contributed by atoms with Gasteiger partial charge in [-0.2, -0.15) is 0 Å². The third-order valence-electron chi connectivity index (χ3n) is 3.46. The highest BCUT2D eigenvalue weighted by molar-refractivity contribution is 5.78. The Morgan fingerprint density at radius 1 is 1.33 bits per heavy atom. The van der Waals surface area contributed by atoms with E-state index in [4.69, 9.17) is 5.11 Å². The molecule has 1 amide bonds. The molecule has 0 radical (unpaired) electrons. The van der Waals surface area contributed by atoms with Gasteiger partial charge in [0.1, 0.15) is 0 Å². The van der Waals surface area contributed by atoms with Crippen molar-refractivity contribution in [3.63, 3.8) is 0 Å². The van der Waals surface area contributed by atoms with Crippen molar-refractivity contribution >= 4 is 5.91 Å². The highest BCUT2D eigenvalue weighted by Gasteiger charge is 2.26. The maximum atomic E-state index is 11.8. The molecule has 0 saturated heterocycles. The summed E-state index contributed by atoms with van der Waals surface area (Å²) < 4.78 is 0. The molecule has 1 rings (SSSR count). The molecule has 1 N–H and O–H groups in total. The minimum Gasteiger partial charge on any atom is -0.396 e. The third-order valence-corrected chi connectivity index (χ3v) is 3.46. The Morgan fingerprint density at radius 2 is 1.87 bits per heavy atom. The van der Waals surface area contributed by atoms with Gasteiger partial charge in [0.05, 0.1) is 0 Å². The zero-order valence-corrected chi connectivity index (χ0v) is 10.1. The van der Waals surface area contributed by atoms with Crippen LogP contribution >= 0.6 is 0 Å². The highest BCUT2D eigenvalue weighted by Crippen LogP contribution is 2.27. The van der Waals surface area contributed by atoms with Crippen LogP contribution in [0.4, 0.5) is 0 Å². The van der Waals surface area contributed by atoms with Gasteiger partial charge in [-0.1, -0.05) is 13.8 Å². The number of aliphatic hydroxyl groups excluding tert-OH is 1. The van der Waals surface area contributed by atoms with Gasteiger partial charge >= 0.3 is 0 Å². The summed E-state index contributed by atoms with van der Waals surface area (Å²) in [7, 11) is 1.91. The normalized spacial score (nSPS) is 26.7. The molecule has 3 nitrogen and oxygen atoms in total. The van der Waals surface area contributed by atoms with Crippen LogP contribution in [-0.2, 0) is 4.79 Å². The quantitative estimate of drug-likeness (QED) is 0.774. The van der Waals surface area contributed by atoms with Gasteiger partial charge in [-0.25, -0.2) is 0 Å². The average Bonchev–Trinajstić information content (AvgIpc) is 2.27. The van der Waals surface area contributed by atoms with Crippen molar-refractivity contribution in [2.75, 3.05) is 13.7 Å². The summed E-state index contributed by atoms with van der Waals surface area (Å²) in [5.41, 5.74) is 0. The van der Waals surface area contributed by atoms with Gasteiger partial charge in [-0.3, -0.25) is 4.79 Å². The van der Waals surface area contributed by atoms with Crippen LogP contribution in [0.25, 0.3) is 0 Å². The van der Waals surface area contributed by atoms with E-state index in [-0.39, 0.29) is 11.8 Å². The number of rotatable bonds is 3. The number of aliphatic hydroxyl groups is 1. The fraction of sp³-hybridized carbons (Fsp3) is 0.917. The molecule has 1 saturated carbocycles. The summed E-state index contributed by atoms with van der Waals surface area (Å²) >= 11 is 0. The van der Waals surface area contributed by atoms with E-state index in [9.17, 15) is 4.79 Å². The maximum Gasteiger partial charge on any atom is 0.225 e. The molecule has 0 bridgehead atoms. The van der Waals surface area contributed by atoms with E-state index in [2.05, 4.69) is 0 Å². The van der Waals surface area contributed by atoms with Crippen LogP contribution in [0.15, 0.2) is 0 Å². The molecule has 0 aromatic rings. The highest BCUT2D eigenvalue weighted by atomic mass is 16.3. The lowest BCUT2D eigenvalue weighted by Crippen LogP contribution is -2.41. The molecule has 3 heteroatoms. The molecular weight excluding hydrogens is 190 g/mol. The fourth-order valence-electron chi connectivity index (χ4n) is 2.30. The smallest absolute Gasteiger partial charge is 0.225 e. The number of nitrogens with zero attached hydrogens (tertiary/aromatic N) is 1. The van der Waals surface area contributed by atoms with Crippen molar-refractivity contribution in [1.82, 2.24) is 4.90 Å². The van der Waals surface area contributed by atoms with Crippen molar-refractivity contribution in [2.24, 2.45) is 11.8 Å². The Hall–Kier alpha value is -0.570. The van der Waals surface area contributed by atoms with Gasteiger partial charge in [0.15, 0.2) is 0 Å². The summed E-state index contributed by atoms with van der Waals surface area (Å²) in [5.74, 6) is 0.789. The maximum absolute atomic E-state index is 11.8. The molecule has 0 unspecified atom stereocenters. The van der Waals surface area contributed by atoms with Crippen LogP contribution in [0.1, 0.15) is 39.5 Å². The van der Waals surface area contributed by atoms with Crippen molar-refractivity contribution in [1.29, 1.82) is 0 Å². The van der Waals surface area contributed by atoms with E-state index in [1.807, 2.05) is 25.8 Å². The van der Waals surface area contributed by atoms with E-state index in [0.29, 0.717) is 18.6 Å². The SMILES string of the molecule is CC(C)C(=O)N(C)C1CCC(CO)CC1. The first kappa shape index (κ1) is 12.5. The van der Waals surface area contributed by atoms with E-state index < -0.39 is 0 Å². The van der Waals surface area contributed by atoms with E-state index in [1.165, 1.54) is 0 Å². The number of carbonyl (C=O) groups is 1. The zero-order chi connectivity index (χ0) is 11.4. The second-order valence-electron chi connectivity index (χ2n) is 4.96. The second kappa shape index (κ2) is 5.50. The predicted molar refractivity (Wildman–Crippen MR) is 60.4 cm³/mol. The van der Waals surface area contributed by atoms with Crippen LogP contribution in [0.3, 0.4) is 0 Å². The van der Waals surface area contributed by atoms with E-state index >= 15 is 0 Å². The first-order valence-electron chi connectivity index (χ1n) is 5.93. The number of carbonyl (C=O) groups excluding carboxylic acids is 1. The summed E-state index contributed by atoms with van der Waals surface area (Å²) in [5, 5.41) is 9.03. The Morgan fingerprint density at radius 3 is 2.27 bits per heavy atom. The Bertz CT molecular complexity index is 208. The van der Waals surface area contributed by atoms with Gasteiger partial charge in [-0.15, -0.1) is 0 Å². The largest absolute Gasteiger partial charge is 0.396 e. The molecule has 15 heavy (non-hydrogen) atoms. The van der Waals surface area contributed by atoms with Crippen LogP contribution in [0, 0.1) is 11.8 Å². The molecule has 88 valence electrons. The van der Waals surface area contributed by atoms with Gasteiger partial charge in [0.25, 0.3) is 0 Å². The first-order chi connectivity index (χ1) is 7.06. The number of hydrogen-bond acceptors (Lipinski definition) is 2. The van der Waals surface area contributed by atoms with Crippen molar-refractivity contribution in [3.05, 3.63) is 0 Å². The second-order valence-corrected chi connectivity index (χ2v) is 4.96. The fourth-order valence-corrected chi connectivity index (χ4v) is 2.30. The van der Waals surface area contributed by atoms with E-state index in [0.717, 1.165) is 25.7 Å². The number of amides is 1. The molecule has 1 fully saturated rings. The monoisotopic (exact) mass is 213 g/mol. The Kier molecular flexibility index (Phi) is 4.58. The Labute approximate surface area is 92.5 Å². The molecule has 0 aromatic carbocycles. The topological polar surface area (TPSA) is 40.5 Å². The van der Waals surface area contributed by atoms with Gasteiger partial charge in [-0.05, 0) is 31.6 Å². The van der Waals surface area contributed by atoms with Gasteiger partial charge in [0.2, 0.25) is 5.91 Å². The van der Waals surface area contributed by atoms with Crippen LogP contribution in [-0.4, -0.2) is 35.6 Å². The minimum absolute atomic E-state index is 0.0885. The van der Waals surface area contributed by atoms with Crippen LogP contribution in [0.5, 0.6) is 0 Å². The molecule has 1 aliphatic carbocycles. The minimum atomic E-state index is 0.0885. The summed E-state index contributed by atoms with van der Waals surface area (Å²) in [4.78, 5) is 13.7. The van der Waals surface area contributed by atoms with Crippen molar-refractivity contribution < 1.29 is 9.90 Å². The molecule has 0 heterocycles. The average molecular weight is 213 g/mol. The van der Waals surface area contributed by atoms with Crippen LogP contribution in [0.2, 0.25) is 0 Å². The van der Waals surface area contributed by atoms with E-state index in [1.54, 1.807) is 0 Å². The van der Waals surface area contributed by atoms with Crippen molar-refractivity contribution in [3.8, 4) is 0 Å². The molecule has 0 aromatic heterocycles. The molecular formula is C12H23NO2. The molecule has 0 atom stereocenters. The molecule has 1 aliphatic rings. The third kappa shape index (κ3) is 3.20. The van der Waals surface area contributed by atoms with Crippen molar-refractivity contribution in [2.45, 2.75) is 45.6 Å². The standard InChI is InChI=1S/C12H23NO2/c1-9(2)12(15)13(3)11-6-4-10(8-14)5-7-11/h9-11,14H,4-8H2,1-3H3. The number of hydrogen-bond donors (Lipinski definition) is 1. The molecule has 0 spiro atoms. The van der Waals surface area contributed by atoms with Crippen LogP contribution < -0.4 is 0 Å². The summed E-state index contributed by atoms with van der Waals surface area (Å²) in [6, 6.07) is 0.391. The summed E-state index contributed by atoms with van der Waals surface area (Å²) in [6.45, 7) is 4.19. The molecule has 0 aliphatic heterocycles. The Balaban J connectivity index is 2.42. The predicted octanol–water partition coefficient (Wildman–Crippen LogP) is 1.65. The lowest BCUT2D eigenvalue weighted by Gasteiger charge is -2.35. The lowest BCUT2D eigenvalue weighted by atomic mass is 9.86. The summed E-state index contributed by atoms with van der Waals surface area (Å²) in [6.07, 6.45) is 4.19. The lowest BCUT2D eigenvalue weighted by molar-refractivity contribution is -0.136.